The second-order valence-electron chi connectivity index (χ2n) is 3.38. The molecule has 2 rings (SSSR count). The average molecular weight is 337 g/mol. The van der Waals surface area contributed by atoms with Crippen LogP contribution in [0.25, 0.3) is 0 Å². The predicted molar refractivity (Wildman–Crippen MR) is 76.2 cm³/mol. The molecule has 1 aromatic rings. The predicted octanol–water partition coefficient (Wildman–Crippen LogP) is 2.11. The molecule has 0 atom stereocenters. The number of hydrogen-bond acceptors (Lipinski definition) is 4. The standard InChI is InChI=1S/C10H15N3S.HI/c1-8-3-4-9(14-8)7-13-10-11-5-2-6-12-10;/h3-4H,2,5-7H2,1H3,(H2,11,12,13);1H. The van der Waals surface area contributed by atoms with E-state index in [1.54, 1.807) is 0 Å². The number of aliphatic imine (C=N–C) groups is 1. The van der Waals surface area contributed by atoms with Crippen LogP contribution >= 0.6 is 35.3 Å². The van der Waals surface area contributed by atoms with Crippen LogP contribution in [0.3, 0.4) is 0 Å². The third-order valence-electron chi connectivity index (χ3n) is 2.12. The van der Waals surface area contributed by atoms with Crippen molar-refractivity contribution >= 4 is 41.3 Å². The van der Waals surface area contributed by atoms with Gasteiger partial charge in [-0.15, -0.1) is 35.3 Å². The summed E-state index contributed by atoms with van der Waals surface area (Å²) in [5.41, 5.74) is 0. The van der Waals surface area contributed by atoms with Crippen LogP contribution in [0.2, 0.25) is 0 Å². The van der Waals surface area contributed by atoms with E-state index < -0.39 is 0 Å². The van der Waals surface area contributed by atoms with Crippen LogP contribution in [-0.2, 0) is 6.54 Å². The summed E-state index contributed by atoms with van der Waals surface area (Å²) in [5.74, 6) is 0.947. The topological polar surface area (TPSA) is 36.4 Å². The van der Waals surface area contributed by atoms with E-state index >= 15 is 0 Å². The van der Waals surface area contributed by atoms with Gasteiger partial charge in [0.25, 0.3) is 0 Å². The lowest BCUT2D eigenvalue weighted by atomic mass is 10.4. The van der Waals surface area contributed by atoms with E-state index in [-0.39, 0.29) is 24.0 Å². The molecule has 0 bridgehead atoms. The van der Waals surface area contributed by atoms with Crippen molar-refractivity contribution in [3.05, 3.63) is 21.9 Å². The first kappa shape index (κ1) is 12.8. The van der Waals surface area contributed by atoms with Crippen molar-refractivity contribution in [2.75, 3.05) is 13.1 Å². The summed E-state index contributed by atoms with van der Waals surface area (Å²) in [6.07, 6.45) is 1.14. The fraction of sp³-hybridized carbons (Fsp3) is 0.500. The minimum absolute atomic E-state index is 0. The molecule has 0 amide bonds. The summed E-state index contributed by atoms with van der Waals surface area (Å²) in [6.45, 7) is 4.99. The average Bonchev–Trinajstić information content (AvgIpc) is 2.63. The van der Waals surface area contributed by atoms with Crippen LogP contribution in [0.1, 0.15) is 16.2 Å². The molecular formula is C10H16IN3S. The second-order valence-corrected chi connectivity index (χ2v) is 4.75. The van der Waals surface area contributed by atoms with Gasteiger partial charge in [-0.1, -0.05) is 0 Å². The number of nitrogens with zero attached hydrogens (tertiary/aromatic N) is 1. The van der Waals surface area contributed by atoms with Gasteiger partial charge in [0.15, 0.2) is 5.96 Å². The zero-order chi connectivity index (χ0) is 9.80. The number of halogens is 1. The van der Waals surface area contributed by atoms with E-state index in [0.717, 1.165) is 32.0 Å². The van der Waals surface area contributed by atoms with Crippen LogP contribution in [-0.4, -0.2) is 19.0 Å². The van der Waals surface area contributed by atoms with E-state index in [0.29, 0.717) is 0 Å². The second kappa shape index (κ2) is 6.32. The maximum absolute atomic E-state index is 4.35. The lowest BCUT2D eigenvalue weighted by Crippen LogP contribution is -2.40. The van der Waals surface area contributed by atoms with Gasteiger partial charge in [-0.3, -0.25) is 4.99 Å². The minimum Gasteiger partial charge on any atom is -0.356 e. The fourth-order valence-electron chi connectivity index (χ4n) is 1.40. The highest BCUT2D eigenvalue weighted by Crippen LogP contribution is 2.14. The Morgan fingerprint density at radius 3 is 3.00 bits per heavy atom. The van der Waals surface area contributed by atoms with E-state index in [2.05, 4.69) is 34.7 Å². The molecule has 0 unspecified atom stereocenters. The van der Waals surface area contributed by atoms with E-state index in [1.807, 2.05) is 11.3 Å². The monoisotopic (exact) mass is 337 g/mol. The maximum Gasteiger partial charge on any atom is 0.191 e. The summed E-state index contributed by atoms with van der Waals surface area (Å²) >= 11 is 1.83. The molecule has 0 spiro atoms. The molecule has 0 saturated carbocycles. The van der Waals surface area contributed by atoms with Crippen LogP contribution in [0.5, 0.6) is 0 Å². The fourth-order valence-corrected chi connectivity index (χ4v) is 2.23. The molecule has 0 saturated heterocycles. The summed E-state index contributed by atoms with van der Waals surface area (Å²) < 4.78 is 0. The maximum atomic E-state index is 4.35. The highest BCUT2D eigenvalue weighted by atomic mass is 127. The number of nitrogens with one attached hydrogen (secondary N) is 2. The van der Waals surface area contributed by atoms with E-state index in [4.69, 9.17) is 0 Å². The lowest BCUT2D eigenvalue weighted by Gasteiger charge is -2.15. The molecule has 1 aliphatic heterocycles. The molecule has 3 nitrogen and oxygen atoms in total. The van der Waals surface area contributed by atoms with Gasteiger partial charge in [-0.25, -0.2) is 0 Å². The van der Waals surface area contributed by atoms with Crippen LogP contribution < -0.4 is 10.6 Å². The molecular weight excluding hydrogens is 321 g/mol. The summed E-state index contributed by atoms with van der Waals surface area (Å²) in [4.78, 5) is 7.07. The molecule has 15 heavy (non-hydrogen) atoms. The van der Waals surface area contributed by atoms with Gasteiger partial charge < -0.3 is 10.6 Å². The highest BCUT2D eigenvalue weighted by Gasteiger charge is 2.03. The molecule has 1 aromatic heterocycles. The Bertz CT molecular complexity index is 335. The zero-order valence-electron chi connectivity index (χ0n) is 8.75. The molecule has 84 valence electrons. The van der Waals surface area contributed by atoms with Crippen molar-refractivity contribution in [1.29, 1.82) is 0 Å². The van der Waals surface area contributed by atoms with Gasteiger partial charge in [-0.05, 0) is 25.5 Å². The van der Waals surface area contributed by atoms with Crippen molar-refractivity contribution in [2.24, 2.45) is 4.99 Å². The lowest BCUT2D eigenvalue weighted by molar-refractivity contribution is 0.703. The van der Waals surface area contributed by atoms with Gasteiger partial charge in [0, 0.05) is 22.8 Å². The molecule has 0 aromatic carbocycles. The Morgan fingerprint density at radius 1 is 1.53 bits per heavy atom. The summed E-state index contributed by atoms with van der Waals surface area (Å²) in [5, 5.41) is 6.54. The first-order chi connectivity index (χ1) is 6.84. The van der Waals surface area contributed by atoms with Crippen molar-refractivity contribution in [1.82, 2.24) is 10.6 Å². The number of guanidine groups is 1. The van der Waals surface area contributed by atoms with Crippen molar-refractivity contribution < 1.29 is 0 Å². The highest BCUT2D eigenvalue weighted by molar-refractivity contribution is 14.0. The number of thiophene rings is 1. The third kappa shape index (κ3) is 3.98. The van der Waals surface area contributed by atoms with E-state index in [1.165, 1.54) is 9.75 Å². The molecule has 5 heteroatoms. The molecule has 0 fully saturated rings. The molecule has 0 aliphatic carbocycles. The first-order valence-electron chi connectivity index (χ1n) is 4.92. The van der Waals surface area contributed by atoms with Gasteiger partial charge in [0.05, 0.1) is 6.54 Å². The smallest absolute Gasteiger partial charge is 0.191 e. The summed E-state index contributed by atoms with van der Waals surface area (Å²) in [6, 6.07) is 4.31. The molecule has 0 radical (unpaired) electrons. The SMILES string of the molecule is Cc1ccc(CNC2=NCCCN2)s1.I. The van der Waals surface area contributed by atoms with Crippen molar-refractivity contribution in [2.45, 2.75) is 19.9 Å². The normalized spacial score (nSPS) is 14.9. The Kier molecular flexibility index (Phi) is 5.38. The van der Waals surface area contributed by atoms with Crippen LogP contribution in [0.15, 0.2) is 17.1 Å². The quantitative estimate of drug-likeness (QED) is 0.811. The Morgan fingerprint density at radius 2 is 2.40 bits per heavy atom. The number of hydrogen-bond donors (Lipinski definition) is 2. The van der Waals surface area contributed by atoms with Crippen LogP contribution in [0.4, 0.5) is 0 Å². The van der Waals surface area contributed by atoms with Gasteiger partial charge in [0.2, 0.25) is 0 Å². The van der Waals surface area contributed by atoms with Gasteiger partial charge in [0.1, 0.15) is 0 Å². The Hall–Kier alpha value is -0.300. The van der Waals surface area contributed by atoms with Gasteiger partial charge in [-0.2, -0.15) is 0 Å². The van der Waals surface area contributed by atoms with E-state index in [9.17, 15) is 0 Å². The summed E-state index contributed by atoms with van der Waals surface area (Å²) in [7, 11) is 0. The third-order valence-corrected chi connectivity index (χ3v) is 3.12. The number of rotatable bonds is 2. The van der Waals surface area contributed by atoms with Crippen LogP contribution in [0, 0.1) is 6.92 Å². The van der Waals surface area contributed by atoms with Crippen molar-refractivity contribution in [3.63, 3.8) is 0 Å². The van der Waals surface area contributed by atoms with Crippen molar-refractivity contribution in [3.8, 4) is 0 Å². The molecule has 2 heterocycles. The number of aryl methyl sites for hydroxylation is 1. The largest absolute Gasteiger partial charge is 0.356 e. The zero-order valence-corrected chi connectivity index (χ0v) is 11.9. The minimum atomic E-state index is 0. The molecule has 1 aliphatic rings. The Labute approximate surface area is 111 Å². The van der Waals surface area contributed by atoms with Gasteiger partial charge >= 0.3 is 0 Å². The Balaban J connectivity index is 0.00000112. The molecule has 2 N–H and O–H groups in total. The first-order valence-corrected chi connectivity index (χ1v) is 5.74.